The summed E-state index contributed by atoms with van der Waals surface area (Å²) in [6.45, 7) is 3.21. The smallest absolute Gasteiger partial charge is 0.219 e. The SMILES string of the molecule is NC(=NCc1ccnc(Oc2ccccc2F)c1)N1CCOCC1. The van der Waals surface area contributed by atoms with Crippen molar-refractivity contribution in [1.29, 1.82) is 0 Å². The van der Waals surface area contributed by atoms with Gasteiger partial charge in [-0.2, -0.15) is 0 Å². The van der Waals surface area contributed by atoms with Gasteiger partial charge < -0.3 is 20.1 Å². The number of hydrogen-bond acceptors (Lipinski definition) is 4. The minimum absolute atomic E-state index is 0.137. The van der Waals surface area contributed by atoms with E-state index in [2.05, 4.69) is 9.98 Å². The second-order valence-corrected chi connectivity index (χ2v) is 5.31. The average molecular weight is 330 g/mol. The van der Waals surface area contributed by atoms with Crippen molar-refractivity contribution in [2.75, 3.05) is 26.3 Å². The average Bonchev–Trinajstić information content (AvgIpc) is 2.63. The minimum Gasteiger partial charge on any atom is -0.436 e. The number of aliphatic imine (C=N–C) groups is 1. The third-order valence-corrected chi connectivity index (χ3v) is 3.61. The van der Waals surface area contributed by atoms with Crippen molar-refractivity contribution in [3.8, 4) is 11.6 Å². The van der Waals surface area contributed by atoms with E-state index in [1.165, 1.54) is 6.07 Å². The van der Waals surface area contributed by atoms with Gasteiger partial charge in [-0.1, -0.05) is 12.1 Å². The van der Waals surface area contributed by atoms with Crippen LogP contribution in [0.15, 0.2) is 47.6 Å². The van der Waals surface area contributed by atoms with Gasteiger partial charge in [0.15, 0.2) is 17.5 Å². The molecule has 0 saturated carbocycles. The Morgan fingerprint density at radius 1 is 1.29 bits per heavy atom. The molecular formula is C17H19FN4O2. The Balaban J connectivity index is 1.66. The van der Waals surface area contributed by atoms with E-state index in [9.17, 15) is 4.39 Å². The lowest BCUT2D eigenvalue weighted by Gasteiger charge is -2.27. The molecule has 2 heterocycles. The first kappa shape index (κ1) is 16.2. The van der Waals surface area contributed by atoms with Crippen LogP contribution in [0.5, 0.6) is 11.6 Å². The molecule has 2 aromatic rings. The van der Waals surface area contributed by atoms with Gasteiger partial charge in [-0.3, -0.25) is 0 Å². The zero-order chi connectivity index (χ0) is 16.8. The van der Waals surface area contributed by atoms with E-state index in [4.69, 9.17) is 15.2 Å². The highest BCUT2D eigenvalue weighted by atomic mass is 19.1. The first-order chi connectivity index (χ1) is 11.7. The maximum Gasteiger partial charge on any atom is 0.219 e. The van der Waals surface area contributed by atoms with Crippen molar-refractivity contribution in [3.63, 3.8) is 0 Å². The Morgan fingerprint density at radius 2 is 2.08 bits per heavy atom. The standard InChI is InChI=1S/C17H19FN4O2/c18-14-3-1-2-4-15(14)24-16-11-13(5-6-20-16)12-21-17(19)22-7-9-23-10-8-22/h1-6,11H,7-10,12H2,(H2,19,21). The van der Waals surface area contributed by atoms with Crippen LogP contribution in [0.3, 0.4) is 0 Å². The van der Waals surface area contributed by atoms with Crippen LogP contribution in [0.25, 0.3) is 0 Å². The Morgan fingerprint density at radius 3 is 2.88 bits per heavy atom. The Labute approximate surface area is 139 Å². The van der Waals surface area contributed by atoms with Crippen molar-refractivity contribution < 1.29 is 13.9 Å². The molecule has 1 aliphatic rings. The van der Waals surface area contributed by atoms with Crippen LogP contribution >= 0.6 is 0 Å². The number of guanidine groups is 1. The summed E-state index contributed by atoms with van der Waals surface area (Å²) in [4.78, 5) is 10.5. The van der Waals surface area contributed by atoms with Crippen molar-refractivity contribution in [3.05, 3.63) is 54.0 Å². The highest BCUT2D eigenvalue weighted by molar-refractivity contribution is 5.78. The maximum absolute atomic E-state index is 13.6. The van der Waals surface area contributed by atoms with Crippen LogP contribution < -0.4 is 10.5 Å². The molecule has 0 unspecified atom stereocenters. The fourth-order valence-electron chi connectivity index (χ4n) is 2.31. The highest BCUT2D eigenvalue weighted by Gasteiger charge is 2.12. The summed E-state index contributed by atoms with van der Waals surface area (Å²) in [5, 5.41) is 0. The molecule has 0 atom stereocenters. The molecule has 126 valence electrons. The number of ether oxygens (including phenoxy) is 2. The molecule has 0 amide bonds. The zero-order valence-corrected chi connectivity index (χ0v) is 13.2. The fourth-order valence-corrected chi connectivity index (χ4v) is 2.31. The number of para-hydroxylation sites is 1. The number of nitrogens with zero attached hydrogens (tertiary/aromatic N) is 3. The molecular weight excluding hydrogens is 311 g/mol. The van der Waals surface area contributed by atoms with Gasteiger partial charge in [0.05, 0.1) is 19.8 Å². The van der Waals surface area contributed by atoms with E-state index in [0.29, 0.717) is 31.6 Å². The van der Waals surface area contributed by atoms with Gasteiger partial charge in [0.1, 0.15) is 0 Å². The van der Waals surface area contributed by atoms with E-state index in [-0.39, 0.29) is 5.75 Å². The van der Waals surface area contributed by atoms with Gasteiger partial charge in [-0.25, -0.2) is 14.4 Å². The summed E-state index contributed by atoms with van der Waals surface area (Å²) in [5.41, 5.74) is 6.88. The monoisotopic (exact) mass is 330 g/mol. The number of hydrogen-bond donors (Lipinski definition) is 1. The van der Waals surface area contributed by atoms with Gasteiger partial charge in [0.2, 0.25) is 5.88 Å². The van der Waals surface area contributed by atoms with Crippen molar-refractivity contribution in [2.45, 2.75) is 6.54 Å². The predicted octanol–water partition coefficient (Wildman–Crippen LogP) is 2.16. The number of halogens is 1. The number of nitrogens with two attached hydrogens (primary N) is 1. The summed E-state index contributed by atoms with van der Waals surface area (Å²) >= 11 is 0. The molecule has 24 heavy (non-hydrogen) atoms. The Kier molecular flexibility index (Phi) is 5.22. The molecule has 1 aliphatic heterocycles. The molecule has 2 N–H and O–H groups in total. The van der Waals surface area contributed by atoms with Gasteiger partial charge in [0, 0.05) is 25.4 Å². The number of pyridine rings is 1. The topological polar surface area (TPSA) is 73.0 Å². The molecule has 1 aromatic carbocycles. The number of aromatic nitrogens is 1. The zero-order valence-electron chi connectivity index (χ0n) is 13.2. The summed E-state index contributed by atoms with van der Waals surface area (Å²) in [5.74, 6) is 0.516. The maximum atomic E-state index is 13.6. The lowest BCUT2D eigenvalue weighted by molar-refractivity contribution is 0.0674. The second kappa shape index (κ2) is 7.74. The van der Waals surface area contributed by atoms with E-state index in [0.717, 1.165) is 18.7 Å². The van der Waals surface area contributed by atoms with E-state index >= 15 is 0 Å². The van der Waals surface area contributed by atoms with E-state index < -0.39 is 5.82 Å². The fraction of sp³-hybridized carbons (Fsp3) is 0.294. The molecule has 1 fully saturated rings. The van der Waals surface area contributed by atoms with Crippen LogP contribution in [0, 0.1) is 5.82 Å². The minimum atomic E-state index is -0.431. The third kappa shape index (κ3) is 4.20. The van der Waals surface area contributed by atoms with Gasteiger partial charge >= 0.3 is 0 Å². The lowest BCUT2D eigenvalue weighted by atomic mass is 10.2. The third-order valence-electron chi connectivity index (χ3n) is 3.61. The molecule has 3 rings (SSSR count). The van der Waals surface area contributed by atoms with Crippen molar-refractivity contribution in [2.24, 2.45) is 10.7 Å². The van der Waals surface area contributed by atoms with Crippen LogP contribution in [0.4, 0.5) is 4.39 Å². The van der Waals surface area contributed by atoms with Crippen LogP contribution in [-0.2, 0) is 11.3 Å². The van der Waals surface area contributed by atoms with Crippen molar-refractivity contribution >= 4 is 5.96 Å². The largest absolute Gasteiger partial charge is 0.436 e. The number of benzene rings is 1. The summed E-state index contributed by atoms with van der Waals surface area (Å²) in [6.07, 6.45) is 1.60. The van der Waals surface area contributed by atoms with Gasteiger partial charge in [0.25, 0.3) is 0 Å². The highest BCUT2D eigenvalue weighted by Crippen LogP contribution is 2.23. The van der Waals surface area contributed by atoms with Crippen molar-refractivity contribution in [1.82, 2.24) is 9.88 Å². The van der Waals surface area contributed by atoms with Crippen LogP contribution in [-0.4, -0.2) is 42.1 Å². The summed E-state index contributed by atoms with van der Waals surface area (Å²) in [7, 11) is 0. The lowest BCUT2D eigenvalue weighted by Crippen LogP contribution is -2.44. The van der Waals surface area contributed by atoms with Gasteiger partial charge in [-0.15, -0.1) is 0 Å². The normalized spacial score (nSPS) is 15.4. The Hall–Kier alpha value is -2.67. The van der Waals surface area contributed by atoms with E-state index in [1.54, 1.807) is 30.5 Å². The summed E-state index contributed by atoms with van der Waals surface area (Å²) < 4.78 is 24.4. The molecule has 0 spiro atoms. The van der Waals surface area contributed by atoms with Gasteiger partial charge in [-0.05, 0) is 23.8 Å². The molecule has 7 heteroatoms. The second-order valence-electron chi connectivity index (χ2n) is 5.31. The number of rotatable bonds is 4. The summed E-state index contributed by atoms with van der Waals surface area (Å²) in [6, 6.07) is 9.75. The molecule has 1 aromatic heterocycles. The molecule has 0 bridgehead atoms. The molecule has 0 radical (unpaired) electrons. The first-order valence-corrected chi connectivity index (χ1v) is 7.72. The van der Waals surface area contributed by atoms with E-state index in [1.807, 2.05) is 11.0 Å². The predicted molar refractivity (Wildman–Crippen MR) is 88.4 cm³/mol. The first-order valence-electron chi connectivity index (χ1n) is 7.72. The van der Waals surface area contributed by atoms with Crippen LogP contribution in [0.2, 0.25) is 0 Å². The molecule has 6 nitrogen and oxygen atoms in total. The van der Waals surface area contributed by atoms with Crippen LogP contribution in [0.1, 0.15) is 5.56 Å². The molecule has 1 saturated heterocycles. The molecule has 0 aliphatic carbocycles. The quantitative estimate of drug-likeness (QED) is 0.687. The number of morpholine rings is 1. The Bertz CT molecular complexity index is 717.